The van der Waals surface area contributed by atoms with Gasteiger partial charge in [0.05, 0.1) is 11.9 Å². The molecule has 4 aromatic rings. The first-order valence-electron chi connectivity index (χ1n) is 9.62. The monoisotopic (exact) mass is 419 g/mol. The number of para-hydroxylation sites is 2. The third kappa shape index (κ3) is 4.28. The first-order valence-corrected chi connectivity index (χ1v) is 10.5. The molecule has 0 saturated heterocycles. The van der Waals surface area contributed by atoms with Gasteiger partial charge in [0, 0.05) is 5.69 Å². The van der Waals surface area contributed by atoms with Crippen LogP contribution in [-0.4, -0.2) is 38.0 Å². The predicted octanol–water partition coefficient (Wildman–Crippen LogP) is 4.33. The Balaban J connectivity index is 1.50. The number of carbonyl (C=O) groups excluding carboxylic acids is 1. The second-order valence-corrected chi connectivity index (χ2v) is 7.89. The lowest BCUT2D eigenvalue weighted by Gasteiger charge is -2.13. The van der Waals surface area contributed by atoms with Crippen molar-refractivity contribution in [3.8, 4) is 11.4 Å². The van der Waals surface area contributed by atoms with Crippen LogP contribution in [-0.2, 0) is 4.79 Å². The van der Waals surface area contributed by atoms with Crippen molar-refractivity contribution in [1.82, 2.24) is 20.2 Å². The van der Waals surface area contributed by atoms with Crippen LogP contribution in [0.4, 0.5) is 5.69 Å². The molecule has 3 aromatic carbocycles. The molecule has 0 aliphatic carbocycles. The highest BCUT2D eigenvalue weighted by atomic mass is 32.2. The van der Waals surface area contributed by atoms with Crippen molar-refractivity contribution in [3.63, 3.8) is 0 Å². The van der Waals surface area contributed by atoms with Gasteiger partial charge in [-0.05, 0) is 59.3 Å². The summed E-state index contributed by atoms with van der Waals surface area (Å²) in [5.41, 5.74) is 1.49. The SMILES string of the molecule is CCOc1ccccc1-n1nnnc1SC(C)C(=O)Nc1ccc2ccccc2c1. The van der Waals surface area contributed by atoms with Gasteiger partial charge < -0.3 is 10.1 Å². The summed E-state index contributed by atoms with van der Waals surface area (Å²) in [4.78, 5) is 12.8. The molecule has 0 saturated carbocycles. The van der Waals surface area contributed by atoms with Gasteiger partial charge in [-0.15, -0.1) is 5.10 Å². The van der Waals surface area contributed by atoms with E-state index in [0.717, 1.165) is 22.1 Å². The Labute approximate surface area is 178 Å². The molecule has 0 spiro atoms. The number of hydrogen-bond donors (Lipinski definition) is 1. The lowest BCUT2D eigenvalue weighted by atomic mass is 10.1. The maximum Gasteiger partial charge on any atom is 0.237 e. The van der Waals surface area contributed by atoms with E-state index in [1.807, 2.05) is 80.6 Å². The maximum absolute atomic E-state index is 12.8. The van der Waals surface area contributed by atoms with Crippen LogP contribution in [0.15, 0.2) is 71.9 Å². The quantitative estimate of drug-likeness (QED) is 0.449. The molecule has 0 fully saturated rings. The molecule has 1 unspecified atom stereocenters. The molecule has 1 heterocycles. The highest BCUT2D eigenvalue weighted by Crippen LogP contribution is 2.28. The predicted molar refractivity (Wildman–Crippen MR) is 118 cm³/mol. The number of amides is 1. The number of ether oxygens (including phenoxy) is 1. The molecule has 8 heteroatoms. The minimum atomic E-state index is -0.402. The average molecular weight is 420 g/mol. The van der Waals surface area contributed by atoms with Crippen molar-refractivity contribution >= 4 is 34.1 Å². The van der Waals surface area contributed by atoms with Gasteiger partial charge in [0.25, 0.3) is 0 Å². The van der Waals surface area contributed by atoms with E-state index < -0.39 is 5.25 Å². The maximum atomic E-state index is 12.8. The van der Waals surface area contributed by atoms with Crippen LogP contribution in [0.2, 0.25) is 0 Å². The van der Waals surface area contributed by atoms with Crippen molar-refractivity contribution in [1.29, 1.82) is 0 Å². The van der Waals surface area contributed by atoms with Gasteiger partial charge in [0.1, 0.15) is 11.4 Å². The summed E-state index contributed by atoms with van der Waals surface area (Å²) < 4.78 is 7.27. The largest absolute Gasteiger partial charge is 0.492 e. The molecule has 1 aromatic heterocycles. The number of nitrogens with one attached hydrogen (secondary N) is 1. The molecule has 1 atom stereocenters. The summed E-state index contributed by atoms with van der Waals surface area (Å²) in [6.07, 6.45) is 0. The van der Waals surface area contributed by atoms with E-state index in [1.54, 1.807) is 4.68 Å². The van der Waals surface area contributed by atoms with E-state index in [2.05, 4.69) is 20.8 Å². The van der Waals surface area contributed by atoms with Crippen molar-refractivity contribution in [2.45, 2.75) is 24.3 Å². The Morgan fingerprint density at radius 1 is 1.10 bits per heavy atom. The fourth-order valence-electron chi connectivity index (χ4n) is 3.04. The second kappa shape index (κ2) is 8.96. The second-order valence-electron chi connectivity index (χ2n) is 6.59. The van der Waals surface area contributed by atoms with E-state index in [9.17, 15) is 4.79 Å². The number of rotatable bonds is 7. The lowest BCUT2D eigenvalue weighted by Crippen LogP contribution is -2.23. The van der Waals surface area contributed by atoms with Crippen molar-refractivity contribution in [3.05, 3.63) is 66.7 Å². The standard InChI is InChI=1S/C22H21N5O2S/c1-3-29-20-11-7-6-10-19(20)27-22(24-25-26-27)30-15(2)21(28)23-18-13-12-16-8-4-5-9-17(16)14-18/h4-15H,3H2,1-2H3,(H,23,28). The number of thioether (sulfide) groups is 1. The van der Waals surface area contributed by atoms with Gasteiger partial charge in [0.2, 0.25) is 11.1 Å². The van der Waals surface area contributed by atoms with Gasteiger partial charge >= 0.3 is 0 Å². The number of tetrazole rings is 1. The number of hydrogen-bond acceptors (Lipinski definition) is 6. The summed E-state index contributed by atoms with van der Waals surface area (Å²) in [5, 5.41) is 17.3. The number of fused-ring (bicyclic) bond motifs is 1. The fourth-order valence-corrected chi connectivity index (χ4v) is 3.84. The topological polar surface area (TPSA) is 81.9 Å². The number of carbonyl (C=O) groups is 1. The normalized spacial score (nSPS) is 11.9. The van der Waals surface area contributed by atoms with E-state index in [1.165, 1.54) is 11.8 Å². The Morgan fingerprint density at radius 2 is 1.87 bits per heavy atom. The zero-order chi connectivity index (χ0) is 20.9. The van der Waals surface area contributed by atoms with Crippen LogP contribution in [0.25, 0.3) is 16.5 Å². The van der Waals surface area contributed by atoms with Crippen LogP contribution in [0.5, 0.6) is 5.75 Å². The first kappa shape index (κ1) is 19.9. The molecular weight excluding hydrogens is 398 g/mol. The van der Waals surface area contributed by atoms with Crippen molar-refractivity contribution in [2.24, 2.45) is 0 Å². The average Bonchev–Trinajstić information content (AvgIpc) is 3.22. The number of aromatic nitrogens is 4. The summed E-state index contributed by atoms with van der Waals surface area (Å²) >= 11 is 1.29. The van der Waals surface area contributed by atoms with Gasteiger partial charge in [-0.2, -0.15) is 4.68 Å². The Kier molecular flexibility index (Phi) is 5.94. The van der Waals surface area contributed by atoms with E-state index in [-0.39, 0.29) is 5.91 Å². The van der Waals surface area contributed by atoms with Crippen LogP contribution in [0.1, 0.15) is 13.8 Å². The van der Waals surface area contributed by atoms with E-state index in [4.69, 9.17) is 4.74 Å². The van der Waals surface area contributed by atoms with Gasteiger partial charge in [0.15, 0.2) is 0 Å². The van der Waals surface area contributed by atoms with Crippen LogP contribution >= 0.6 is 11.8 Å². The molecule has 0 aliphatic rings. The number of anilines is 1. The van der Waals surface area contributed by atoms with E-state index >= 15 is 0 Å². The Hall–Kier alpha value is -3.39. The number of nitrogens with zero attached hydrogens (tertiary/aromatic N) is 4. The lowest BCUT2D eigenvalue weighted by molar-refractivity contribution is -0.115. The minimum absolute atomic E-state index is 0.122. The molecule has 0 bridgehead atoms. The molecule has 4 rings (SSSR count). The Bertz CT molecular complexity index is 1180. The van der Waals surface area contributed by atoms with E-state index in [0.29, 0.717) is 17.5 Å². The summed E-state index contributed by atoms with van der Waals surface area (Å²) in [6, 6.07) is 21.4. The molecule has 30 heavy (non-hydrogen) atoms. The van der Waals surface area contributed by atoms with Gasteiger partial charge in [-0.1, -0.05) is 54.2 Å². The van der Waals surface area contributed by atoms with Gasteiger partial charge in [-0.25, -0.2) is 0 Å². The molecule has 1 amide bonds. The zero-order valence-electron chi connectivity index (χ0n) is 16.6. The Morgan fingerprint density at radius 3 is 2.70 bits per heavy atom. The van der Waals surface area contributed by atoms with Crippen molar-refractivity contribution in [2.75, 3.05) is 11.9 Å². The molecular formula is C22H21N5O2S. The highest BCUT2D eigenvalue weighted by molar-refractivity contribution is 8.00. The van der Waals surface area contributed by atoms with Crippen LogP contribution in [0, 0.1) is 0 Å². The number of benzene rings is 3. The smallest absolute Gasteiger partial charge is 0.237 e. The third-order valence-corrected chi connectivity index (χ3v) is 5.54. The summed E-state index contributed by atoms with van der Waals surface area (Å²) in [5.74, 6) is 0.561. The molecule has 1 N–H and O–H groups in total. The van der Waals surface area contributed by atoms with Crippen molar-refractivity contribution < 1.29 is 9.53 Å². The molecule has 152 valence electrons. The highest BCUT2D eigenvalue weighted by Gasteiger charge is 2.20. The zero-order valence-corrected chi connectivity index (χ0v) is 17.5. The van der Waals surface area contributed by atoms with Gasteiger partial charge in [-0.3, -0.25) is 4.79 Å². The van der Waals surface area contributed by atoms with Crippen LogP contribution < -0.4 is 10.1 Å². The minimum Gasteiger partial charge on any atom is -0.492 e. The molecule has 7 nitrogen and oxygen atoms in total. The third-order valence-electron chi connectivity index (χ3n) is 4.50. The summed E-state index contributed by atoms with van der Waals surface area (Å²) in [6.45, 7) is 4.28. The fraction of sp³-hybridized carbons (Fsp3) is 0.182. The molecule has 0 aliphatic heterocycles. The molecule has 0 radical (unpaired) electrons. The van der Waals surface area contributed by atoms with Crippen LogP contribution in [0.3, 0.4) is 0 Å². The first-order chi connectivity index (χ1) is 14.7. The summed E-state index contributed by atoms with van der Waals surface area (Å²) in [7, 11) is 0.